The van der Waals surface area contributed by atoms with E-state index in [2.05, 4.69) is 4.98 Å². The minimum atomic E-state index is -4.18. The Balaban J connectivity index is 2.40. The fourth-order valence-corrected chi connectivity index (χ4v) is 2.24. The number of H-pyrrole nitrogens is 1. The monoisotopic (exact) mass is 241 g/mol. The van der Waals surface area contributed by atoms with Gasteiger partial charge in [0.15, 0.2) is 0 Å². The largest absolute Gasteiger partial charge is 0.387 e. The van der Waals surface area contributed by atoms with Gasteiger partial charge in [0.25, 0.3) is 10.1 Å². The molecule has 3 N–H and O–H groups in total. The molecule has 6 heteroatoms. The van der Waals surface area contributed by atoms with E-state index in [1.165, 1.54) is 0 Å². The molecule has 0 aliphatic rings. The van der Waals surface area contributed by atoms with Gasteiger partial charge < -0.3 is 10.1 Å². The second-order valence-corrected chi connectivity index (χ2v) is 5.05. The Morgan fingerprint density at radius 1 is 1.31 bits per heavy atom. The van der Waals surface area contributed by atoms with Gasteiger partial charge in [0.1, 0.15) is 5.75 Å². The maximum atomic E-state index is 10.7. The van der Waals surface area contributed by atoms with E-state index in [9.17, 15) is 13.5 Å². The van der Waals surface area contributed by atoms with Crippen molar-refractivity contribution in [3.8, 4) is 0 Å². The predicted molar refractivity (Wildman–Crippen MR) is 59.7 cm³/mol. The van der Waals surface area contributed by atoms with Crippen molar-refractivity contribution >= 4 is 21.0 Å². The first-order valence-electron chi connectivity index (χ1n) is 4.66. The summed E-state index contributed by atoms with van der Waals surface area (Å²) in [6.45, 7) is 0. The molecule has 1 aromatic heterocycles. The number of aromatic nitrogens is 1. The summed E-state index contributed by atoms with van der Waals surface area (Å²) >= 11 is 0. The topological polar surface area (TPSA) is 90.4 Å². The Morgan fingerprint density at radius 2 is 2.00 bits per heavy atom. The first-order chi connectivity index (χ1) is 7.47. The molecule has 5 nitrogen and oxygen atoms in total. The number of rotatable bonds is 3. The third-order valence-corrected chi connectivity index (χ3v) is 3.09. The normalized spacial score (nSPS) is 14.1. The molecule has 0 amide bonds. The fourth-order valence-electron chi connectivity index (χ4n) is 1.66. The molecule has 0 aliphatic heterocycles. The number of aromatic amines is 1. The van der Waals surface area contributed by atoms with Crippen molar-refractivity contribution in [2.45, 2.75) is 6.10 Å². The minimum absolute atomic E-state index is 0.466. The molecular weight excluding hydrogens is 230 g/mol. The maximum absolute atomic E-state index is 10.7. The number of benzene rings is 1. The molecule has 2 aromatic rings. The zero-order chi connectivity index (χ0) is 11.8. The Labute approximate surface area is 92.5 Å². The Bertz CT molecular complexity index is 602. The summed E-state index contributed by atoms with van der Waals surface area (Å²) in [5.74, 6) is -0.700. The zero-order valence-corrected chi connectivity index (χ0v) is 9.11. The molecule has 1 atom stereocenters. The van der Waals surface area contributed by atoms with Crippen LogP contribution in [0.5, 0.6) is 0 Å². The first-order valence-corrected chi connectivity index (χ1v) is 6.27. The van der Waals surface area contributed by atoms with E-state index in [1.807, 2.05) is 12.1 Å². The molecule has 1 heterocycles. The second-order valence-electron chi connectivity index (χ2n) is 3.55. The summed E-state index contributed by atoms with van der Waals surface area (Å²) < 4.78 is 30.0. The van der Waals surface area contributed by atoms with Crippen molar-refractivity contribution < 1.29 is 18.1 Å². The summed E-state index contributed by atoms with van der Waals surface area (Å²) in [6.07, 6.45) is 0.312. The third-order valence-electron chi connectivity index (χ3n) is 2.35. The number of hydrogen-bond donors (Lipinski definition) is 3. The zero-order valence-electron chi connectivity index (χ0n) is 8.29. The number of aliphatic hydroxyl groups excluding tert-OH is 1. The number of fused-ring (bicyclic) bond motifs is 1. The van der Waals surface area contributed by atoms with E-state index in [-0.39, 0.29) is 0 Å². The van der Waals surface area contributed by atoms with Gasteiger partial charge in [-0.1, -0.05) is 18.2 Å². The van der Waals surface area contributed by atoms with Crippen LogP contribution in [0.1, 0.15) is 11.7 Å². The van der Waals surface area contributed by atoms with Crippen LogP contribution in [0.3, 0.4) is 0 Å². The van der Waals surface area contributed by atoms with Crippen molar-refractivity contribution in [1.82, 2.24) is 4.98 Å². The average molecular weight is 241 g/mol. The fraction of sp³-hybridized carbons (Fsp3) is 0.200. The number of nitrogens with one attached hydrogen (secondary N) is 1. The van der Waals surface area contributed by atoms with Crippen LogP contribution in [0.15, 0.2) is 30.5 Å². The van der Waals surface area contributed by atoms with Crippen LogP contribution in [0.25, 0.3) is 10.9 Å². The molecule has 0 aliphatic carbocycles. The van der Waals surface area contributed by atoms with E-state index in [0.717, 1.165) is 10.9 Å². The highest BCUT2D eigenvalue weighted by molar-refractivity contribution is 7.85. The number of aliphatic hydroxyl groups is 1. The highest BCUT2D eigenvalue weighted by Gasteiger charge is 2.18. The quantitative estimate of drug-likeness (QED) is 0.701. The van der Waals surface area contributed by atoms with Crippen molar-refractivity contribution in [3.63, 3.8) is 0 Å². The summed E-state index contributed by atoms with van der Waals surface area (Å²) in [7, 11) is -4.18. The highest BCUT2D eigenvalue weighted by atomic mass is 32.2. The maximum Gasteiger partial charge on any atom is 0.267 e. The molecule has 0 fully saturated rings. The third kappa shape index (κ3) is 2.24. The summed E-state index contributed by atoms with van der Waals surface area (Å²) in [4.78, 5) is 2.92. The van der Waals surface area contributed by atoms with Crippen LogP contribution in [0, 0.1) is 0 Å². The summed E-state index contributed by atoms with van der Waals surface area (Å²) in [5.41, 5.74) is 1.28. The lowest BCUT2D eigenvalue weighted by molar-refractivity contribution is 0.200. The second kappa shape index (κ2) is 3.89. The van der Waals surface area contributed by atoms with Crippen molar-refractivity contribution in [1.29, 1.82) is 0 Å². The van der Waals surface area contributed by atoms with Crippen LogP contribution in [0.2, 0.25) is 0 Å². The van der Waals surface area contributed by atoms with E-state index >= 15 is 0 Å². The minimum Gasteiger partial charge on any atom is -0.387 e. The van der Waals surface area contributed by atoms with Gasteiger partial charge in [-0.3, -0.25) is 4.55 Å². The molecule has 0 spiro atoms. The Kier molecular flexibility index (Phi) is 2.71. The molecule has 1 aromatic carbocycles. The summed E-state index contributed by atoms with van der Waals surface area (Å²) in [6, 6.07) is 7.21. The van der Waals surface area contributed by atoms with Crippen LogP contribution in [0.4, 0.5) is 0 Å². The molecule has 0 saturated heterocycles. The van der Waals surface area contributed by atoms with Gasteiger partial charge in [-0.2, -0.15) is 8.42 Å². The van der Waals surface area contributed by atoms with E-state index in [1.54, 1.807) is 18.3 Å². The lowest BCUT2D eigenvalue weighted by Gasteiger charge is -2.06. The molecular formula is C10H11NO4S. The van der Waals surface area contributed by atoms with Crippen LogP contribution >= 0.6 is 0 Å². The molecule has 1 unspecified atom stereocenters. The highest BCUT2D eigenvalue weighted by Crippen LogP contribution is 2.24. The SMILES string of the molecule is O=S(=O)(O)CC(O)c1c[nH]c2ccccc12. The molecule has 86 valence electrons. The van der Waals surface area contributed by atoms with Crippen LogP contribution in [-0.2, 0) is 10.1 Å². The lowest BCUT2D eigenvalue weighted by Crippen LogP contribution is -2.12. The van der Waals surface area contributed by atoms with Crippen LogP contribution < -0.4 is 0 Å². The van der Waals surface area contributed by atoms with E-state index in [4.69, 9.17) is 4.55 Å². The Hall–Kier alpha value is -1.37. The average Bonchev–Trinajstić information content (AvgIpc) is 2.58. The van der Waals surface area contributed by atoms with Gasteiger partial charge in [0.2, 0.25) is 0 Å². The van der Waals surface area contributed by atoms with E-state index in [0.29, 0.717) is 5.56 Å². The molecule has 2 rings (SSSR count). The number of hydrogen-bond acceptors (Lipinski definition) is 3. The van der Waals surface area contributed by atoms with Crippen molar-refractivity contribution in [2.75, 3.05) is 5.75 Å². The molecule has 0 bridgehead atoms. The van der Waals surface area contributed by atoms with Crippen LogP contribution in [-0.4, -0.2) is 28.8 Å². The number of para-hydroxylation sites is 1. The van der Waals surface area contributed by atoms with Gasteiger partial charge in [0, 0.05) is 22.7 Å². The standard InChI is InChI=1S/C10H11NO4S/c12-10(6-16(13,14)15)8-5-11-9-4-2-1-3-7(8)9/h1-5,10-12H,6H2,(H,13,14,15). The van der Waals surface area contributed by atoms with Crippen molar-refractivity contribution in [3.05, 3.63) is 36.0 Å². The first kappa shape index (κ1) is 11.1. The van der Waals surface area contributed by atoms with Gasteiger partial charge in [-0.25, -0.2) is 0 Å². The van der Waals surface area contributed by atoms with E-state index < -0.39 is 22.0 Å². The predicted octanol–water partition coefficient (Wildman–Crippen LogP) is 1.09. The summed E-state index contributed by atoms with van der Waals surface area (Å²) in [5, 5.41) is 10.4. The van der Waals surface area contributed by atoms with Gasteiger partial charge in [-0.15, -0.1) is 0 Å². The van der Waals surface area contributed by atoms with Gasteiger partial charge in [-0.05, 0) is 6.07 Å². The molecule has 16 heavy (non-hydrogen) atoms. The molecule has 0 saturated carbocycles. The lowest BCUT2D eigenvalue weighted by atomic mass is 10.1. The Morgan fingerprint density at radius 3 is 2.69 bits per heavy atom. The molecule has 0 radical (unpaired) electrons. The van der Waals surface area contributed by atoms with Gasteiger partial charge in [0.05, 0.1) is 6.10 Å². The van der Waals surface area contributed by atoms with Crippen molar-refractivity contribution in [2.24, 2.45) is 0 Å². The smallest absolute Gasteiger partial charge is 0.267 e. The van der Waals surface area contributed by atoms with Gasteiger partial charge >= 0.3 is 0 Å².